The Labute approximate surface area is 132 Å². The van der Waals surface area contributed by atoms with E-state index in [-0.39, 0.29) is 10.7 Å². The Morgan fingerprint density at radius 2 is 1.91 bits per heavy atom. The van der Waals surface area contributed by atoms with Crippen molar-refractivity contribution < 1.29 is 27.7 Å². The highest BCUT2D eigenvalue weighted by Crippen LogP contribution is 2.27. The molecule has 0 radical (unpaired) electrons. The van der Waals surface area contributed by atoms with Gasteiger partial charge in [0.25, 0.3) is 5.69 Å². The Morgan fingerprint density at radius 1 is 1.26 bits per heavy atom. The number of carbonyl (C=O) groups is 2. The van der Waals surface area contributed by atoms with Crippen LogP contribution in [0.25, 0.3) is 0 Å². The minimum absolute atomic E-state index is 0.0225. The zero-order chi connectivity index (χ0) is 17.6. The number of nitrogens with one attached hydrogen (secondary N) is 3. The SMILES string of the molecule is O=C(CNC(=O)Nc1ccc(Cl)c([N+](=O)[O-])c1)NCC(F)(F)F. The maximum absolute atomic E-state index is 11.9. The van der Waals surface area contributed by atoms with Crippen LogP contribution < -0.4 is 16.0 Å². The fourth-order valence-corrected chi connectivity index (χ4v) is 1.51. The van der Waals surface area contributed by atoms with Crippen LogP contribution in [0.3, 0.4) is 0 Å². The van der Waals surface area contributed by atoms with Gasteiger partial charge in [0, 0.05) is 11.8 Å². The van der Waals surface area contributed by atoms with E-state index >= 15 is 0 Å². The number of urea groups is 1. The summed E-state index contributed by atoms with van der Waals surface area (Å²) in [6, 6.07) is 2.53. The molecule has 23 heavy (non-hydrogen) atoms. The number of anilines is 1. The number of hydrogen-bond donors (Lipinski definition) is 3. The van der Waals surface area contributed by atoms with Gasteiger partial charge in [-0.3, -0.25) is 14.9 Å². The summed E-state index contributed by atoms with van der Waals surface area (Å²) in [6.07, 6.45) is -4.56. The van der Waals surface area contributed by atoms with E-state index in [1.807, 2.05) is 5.32 Å². The lowest BCUT2D eigenvalue weighted by molar-refractivity contribution is -0.384. The first kappa shape index (κ1) is 18.5. The number of amides is 3. The van der Waals surface area contributed by atoms with Gasteiger partial charge in [0.1, 0.15) is 11.6 Å². The Kier molecular flexibility index (Phi) is 6.13. The number of hydrogen-bond acceptors (Lipinski definition) is 4. The third-order valence-electron chi connectivity index (χ3n) is 2.30. The van der Waals surface area contributed by atoms with Crippen molar-refractivity contribution in [1.29, 1.82) is 0 Å². The van der Waals surface area contributed by atoms with Crippen molar-refractivity contribution in [1.82, 2.24) is 10.6 Å². The third kappa shape index (κ3) is 6.82. The second-order valence-corrected chi connectivity index (χ2v) is 4.53. The van der Waals surface area contributed by atoms with E-state index < -0.39 is 41.8 Å². The van der Waals surface area contributed by atoms with Gasteiger partial charge >= 0.3 is 12.2 Å². The minimum Gasteiger partial charge on any atom is -0.345 e. The average Bonchev–Trinajstić information content (AvgIpc) is 2.44. The summed E-state index contributed by atoms with van der Waals surface area (Å²) in [5.41, 5.74) is -0.415. The molecule has 0 saturated carbocycles. The molecule has 0 spiro atoms. The molecule has 0 unspecified atom stereocenters. The van der Waals surface area contributed by atoms with Gasteiger partial charge in [-0.1, -0.05) is 11.6 Å². The van der Waals surface area contributed by atoms with Crippen LogP contribution in [0.15, 0.2) is 18.2 Å². The molecule has 0 atom stereocenters. The van der Waals surface area contributed by atoms with Crippen molar-refractivity contribution in [2.24, 2.45) is 0 Å². The summed E-state index contributed by atoms with van der Waals surface area (Å²) in [5, 5.41) is 16.3. The number of nitro benzene ring substituents is 1. The van der Waals surface area contributed by atoms with E-state index in [1.165, 1.54) is 12.1 Å². The van der Waals surface area contributed by atoms with Gasteiger partial charge in [0.15, 0.2) is 0 Å². The lowest BCUT2D eigenvalue weighted by Gasteiger charge is -2.10. The first-order chi connectivity index (χ1) is 10.6. The first-order valence-corrected chi connectivity index (χ1v) is 6.28. The van der Waals surface area contributed by atoms with Gasteiger partial charge < -0.3 is 16.0 Å². The van der Waals surface area contributed by atoms with Crippen LogP contribution in [0.5, 0.6) is 0 Å². The molecule has 0 aliphatic rings. The zero-order valence-electron chi connectivity index (χ0n) is 11.2. The molecule has 126 valence electrons. The van der Waals surface area contributed by atoms with Crippen LogP contribution in [-0.4, -0.2) is 36.1 Å². The van der Waals surface area contributed by atoms with Crippen LogP contribution in [0, 0.1) is 10.1 Å². The first-order valence-electron chi connectivity index (χ1n) is 5.91. The molecule has 0 saturated heterocycles. The fourth-order valence-electron chi connectivity index (χ4n) is 1.33. The Balaban J connectivity index is 2.50. The van der Waals surface area contributed by atoms with E-state index in [9.17, 15) is 32.9 Å². The summed E-state index contributed by atoms with van der Waals surface area (Å²) in [7, 11) is 0. The Morgan fingerprint density at radius 3 is 2.48 bits per heavy atom. The molecule has 3 N–H and O–H groups in total. The molecular weight excluding hydrogens is 345 g/mol. The molecule has 1 aromatic carbocycles. The summed E-state index contributed by atoms with van der Waals surface area (Å²) in [6.45, 7) is -2.21. The number of carbonyl (C=O) groups excluding carboxylic acids is 2. The van der Waals surface area contributed by atoms with Crippen LogP contribution in [0.1, 0.15) is 0 Å². The zero-order valence-corrected chi connectivity index (χ0v) is 12.0. The third-order valence-corrected chi connectivity index (χ3v) is 2.62. The van der Waals surface area contributed by atoms with E-state index in [2.05, 4.69) is 5.32 Å². The maximum Gasteiger partial charge on any atom is 0.405 e. The van der Waals surface area contributed by atoms with Gasteiger partial charge in [-0.05, 0) is 12.1 Å². The maximum atomic E-state index is 11.9. The quantitative estimate of drug-likeness (QED) is 0.554. The standard InChI is InChI=1S/C11H10ClF3N4O4/c12-7-2-1-6(3-8(7)19(22)23)18-10(21)16-4-9(20)17-5-11(13,14)15/h1-3H,4-5H2,(H,17,20)(H2,16,18,21). The molecule has 0 aliphatic heterocycles. The smallest absolute Gasteiger partial charge is 0.345 e. The van der Waals surface area contributed by atoms with Gasteiger partial charge in [0.2, 0.25) is 5.91 Å². The number of alkyl halides is 3. The highest BCUT2D eigenvalue weighted by molar-refractivity contribution is 6.32. The topological polar surface area (TPSA) is 113 Å². The second-order valence-electron chi connectivity index (χ2n) is 4.12. The van der Waals surface area contributed by atoms with Crippen molar-refractivity contribution in [3.05, 3.63) is 33.3 Å². The number of nitro groups is 1. The normalized spacial score (nSPS) is 10.8. The van der Waals surface area contributed by atoms with Crippen LogP contribution in [-0.2, 0) is 4.79 Å². The van der Waals surface area contributed by atoms with E-state index in [0.29, 0.717) is 0 Å². The van der Waals surface area contributed by atoms with Gasteiger partial charge in [-0.2, -0.15) is 13.2 Å². The van der Waals surface area contributed by atoms with Gasteiger partial charge in [-0.25, -0.2) is 4.79 Å². The molecule has 0 heterocycles. The molecule has 3 amide bonds. The highest BCUT2D eigenvalue weighted by atomic mass is 35.5. The summed E-state index contributed by atoms with van der Waals surface area (Å²) >= 11 is 5.59. The van der Waals surface area contributed by atoms with Crippen molar-refractivity contribution in [2.45, 2.75) is 6.18 Å². The summed E-state index contributed by atoms with van der Waals surface area (Å²) in [4.78, 5) is 32.5. The van der Waals surface area contributed by atoms with Crippen molar-refractivity contribution >= 4 is 34.9 Å². The monoisotopic (exact) mass is 354 g/mol. The average molecular weight is 355 g/mol. The predicted octanol–water partition coefficient (Wildman–Crippen LogP) is 2.05. The van der Waals surface area contributed by atoms with E-state index in [4.69, 9.17) is 11.6 Å². The fraction of sp³-hybridized carbons (Fsp3) is 0.273. The number of nitrogens with zero attached hydrogens (tertiary/aromatic N) is 1. The molecule has 1 aromatic rings. The van der Waals surface area contributed by atoms with Crippen LogP contribution >= 0.6 is 11.6 Å². The Bertz CT molecular complexity index is 624. The van der Waals surface area contributed by atoms with E-state index in [1.54, 1.807) is 5.32 Å². The van der Waals surface area contributed by atoms with Gasteiger partial charge in [0.05, 0.1) is 11.5 Å². The summed E-state index contributed by atoms with van der Waals surface area (Å²) in [5.74, 6) is -1.04. The largest absolute Gasteiger partial charge is 0.405 e. The molecular formula is C11H10ClF3N4O4. The Hall–Kier alpha value is -2.56. The van der Waals surface area contributed by atoms with Crippen LogP contribution in [0.4, 0.5) is 29.3 Å². The molecule has 0 aliphatic carbocycles. The van der Waals surface area contributed by atoms with Crippen molar-refractivity contribution in [3.8, 4) is 0 Å². The number of rotatable bonds is 5. The highest BCUT2D eigenvalue weighted by Gasteiger charge is 2.27. The summed E-state index contributed by atoms with van der Waals surface area (Å²) < 4.78 is 35.6. The lowest BCUT2D eigenvalue weighted by atomic mass is 10.3. The van der Waals surface area contributed by atoms with Crippen LogP contribution in [0.2, 0.25) is 5.02 Å². The van der Waals surface area contributed by atoms with Crippen molar-refractivity contribution in [3.63, 3.8) is 0 Å². The number of halogens is 4. The van der Waals surface area contributed by atoms with Gasteiger partial charge in [-0.15, -0.1) is 0 Å². The predicted molar refractivity (Wildman–Crippen MR) is 74.2 cm³/mol. The molecule has 8 nitrogen and oxygen atoms in total. The minimum atomic E-state index is -4.56. The molecule has 1 rings (SSSR count). The molecule has 0 fully saturated rings. The van der Waals surface area contributed by atoms with Crippen molar-refractivity contribution in [2.75, 3.05) is 18.4 Å². The molecule has 0 aromatic heterocycles. The second kappa shape index (κ2) is 7.63. The lowest BCUT2D eigenvalue weighted by Crippen LogP contribution is -2.42. The number of benzene rings is 1. The molecule has 12 heteroatoms. The van der Waals surface area contributed by atoms with E-state index in [0.717, 1.165) is 6.07 Å². The molecule has 0 bridgehead atoms.